The minimum atomic E-state index is -0.984. The van der Waals surface area contributed by atoms with E-state index in [-0.39, 0.29) is 30.3 Å². The van der Waals surface area contributed by atoms with E-state index in [9.17, 15) is 19.2 Å². The highest BCUT2D eigenvalue weighted by Gasteiger charge is 2.48. The first-order valence-corrected chi connectivity index (χ1v) is 10.8. The fourth-order valence-electron chi connectivity index (χ4n) is 4.48. The quantitative estimate of drug-likeness (QED) is 0.358. The number of amides is 2. The van der Waals surface area contributed by atoms with E-state index in [4.69, 9.17) is 5.73 Å². The number of unbranched alkanes of at least 4 members (excludes halogenated alkanes) is 6. The van der Waals surface area contributed by atoms with Crippen molar-refractivity contribution < 1.29 is 19.2 Å². The molecule has 0 saturated carbocycles. The number of nitrogens with two attached hydrogens (primary N) is 1. The molecule has 1 aromatic carbocycles. The molecule has 2 aliphatic rings. The van der Waals surface area contributed by atoms with Crippen LogP contribution in [0.4, 0.5) is 0 Å². The first-order valence-electron chi connectivity index (χ1n) is 10.8. The van der Waals surface area contributed by atoms with Gasteiger partial charge in [0, 0.05) is 17.5 Å². The SMILES string of the molecule is NCCCCCCCCCc1cccc2c1C(=O)C(C1CCC(=O)NC1=O)C2=O. The van der Waals surface area contributed by atoms with Crippen LogP contribution in [0.5, 0.6) is 0 Å². The number of rotatable bonds is 10. The van der Waals surface area contributed by atoms with E-state index in [0.717, 1.165) is 44.2 Å². The second-order valence-corrected chi connectivity index (χ2v) is 8.12. The minimum absolute atomic E-state index is 0.169. The largest absolute Gasteiger partial charge is 0.330 e. The van der Waals surface area contributed by atoms with Gasteiger partial charge in [0.25, 0.3) is 0 Å². The number of aryl methyl sites for hydroxylation is 1. The molecule has 1 aliphatic carbocycles. The highest BCUT2D eigenvalue weighted by molar-refractivity contribution is 6.28. The normalized spacial score (nSPS) is 21.4. The van der Waals surface area contributed by atoms with Crippen LogP contribution < -0.4 is 11.1 Å². The van der Waals surface area contributed by atoms with E-state index in [1.165, 1.54) is 19.3 Å². The topological polar surface area (TPSA) is 106 Å². The predicted octanol–water partition coefficient (Wildman–Crippen LogP) is 2.97. The van der Waals surface area contributed by atoms with E-state index in [0.29, 0.717) is 11.1 Å². The van der Waals surface area contributed by atoms with Crippen molar-refractivity contribution in [3.63, 3.8) is 0 Å². The molecule has 156 valence electrons. The van der Waals surface area contributed by atoms with Crippen LogP contribution in [0.15, 0.2) is 18.2 Å². The summed E-state index contributed by atoms with van der Waals surface area (Å²) >= 11 is 0. The molecule has 29 heavy (non-hydrogen) atoms. The summed E-state index contributed by atoms with van der Waals surface area (Å²) in [4.78, 5) is 49.6. The molecule has 0 bridgehead atoms. The zero-order chi connectivity index (χ0) is 20.8. The van der Waals surface area contributed by atoms with Gasteiger partial charge in [-0.2, -0.15) is 0 Å². The Bertz CT molecular complexity index is 802. The monoisotopic (exact) mass is 398 g/mol. The molecule has 1 heterocycles. The highest BCUT2D eigenvalue weighted by atomic mass is 16.2. The van der Waals surface area contributed by atoms with E-state index in [1.54, 1.807) is 6.07 Å². The van der Waals surface area contributed by atoms with Crippen molar-refractivity contribution in [2.75, 3.05) is 6.54 Å². The summed E-state index contributed by atoms with van der Waals surface area (Å²) in [6.07, 6.45) is 9.06. The number of hydrogen-bond acceptors (Lipinski definition) is 5. The molecular weight excluding hydrogens is 368 g/mol. The van der Waals surface area contributed by atoms with E-state index < -0.39 is 17.7 Å². The Balaban J connectivity index is 1.61. The average molecular weight is 399 g/mol. The maximum absolute atomic E-state index is 13.1. The maximum atomic E-state index is 13.1. The molecule has 0 radical (unpaired) electrons. The lowest BCUT2D eigenvalue weighted by Crippen LogP contribution is -2.46. The van der Waals surface area contributed by atoms with Crippen LogP contribution in [0.2, 0.25) is 0 Å². The molecule has 1 fully saturated rings. The van der Waals surface area contributed by atoms with Gasteiger partial charge in [-0.15, -0.1) is 0 Å². The molecule has 6 nitrogen and oxygen atoms in total. The summed E-state index contributed by atoms with van der Waals surface area (Å²) in [5.41, 5.74) is 7.33. The molecule has 2 unspecified atom stereocenters. The number of carbonyl (C=O) groups excluding carboxylic acids is 4. The van der Waals surface area contributed by atoms with E-state index in [2.05, 4.69) is 5.32 Å². The van der Waals surface area contributed by atoms with Gasteiger partial charge < -0.3 is 5.73 Å². The molecule has 6 heteroatoms. The van der Waals surface area contributed by atoms with Gasteiger partial charge >= 0.3 is 0 Å². The number of fused-ring (bicyclic) bond motifs is 1. The predicted molar refractivity (Wildman–Crippen MR) is 110 cm³/mol. The van der Waals surface area contributed by atoms with Crippen LogP contribution in [0, 0.1) is 11.8 Å². The van der Waals surface area contributed by atoms with Gasteiger partial charge in [-0.3, -0.25) is 24.5 Å². The Labute approximate surface area is 171 Å². The average Bonchev–Trinajstić information content (AvgIpc) is 2.95. The Kier molecular flexibility index (Phi) is 7.31. The van der Waals surface area contributed by atoms with Crippen LogP contribution in [-0.2, 0) is 16.0 Å². The second-order valence-electron chi connectivity index (χ2n) is 8.12. The third kappa shape index (κ3) is 4.81. The number of piperidine rings is 1. The third-order valence-electron chi connectivity index (χ3n) is 6.06. The first kappa shape index (κ1) is 21.4. The Hall–Kier alpha value is -2.34. The third-order valence-corrected chi connectivity index (χ3v) is 6.06. The summed E-state index contributed by atoms with van der Waals surface area (Å²) in [5, 5.41) is 2.27. The van der Waals surface area contributed by atoms with Gasteiger partial charge in [0.05, 0.1) is 11.8 Å². The zero-order valence-corrected chi connectivity index (χ0v) is 16.9. The standard InChI is InChI=1S/C23H30N2O4/c24-14-7-5-3-1-2-4-6-9-15-10-8-11-16-19(15)22(28)20(21(16)27)17-12-13-18(26)25-23(17)29/h8,10-11,17,20H,1-7,9,12-14,24H2,(H,25,26,29). The van der Waals surface area contributed by atoms with E-state index >= 15 is 0 Å². The summed E-state index contributed by atoms with van der Waals surface area (Å²) < 4.78 is 0. The van der Waals surface area contributed by atoms with Crippen molar-refractivity contribution in [3.8, 4) is 0 Å². The molecule has 0 aromatic heterocycles. The summed E-state index contributed by atoms with van der Waals surface area (Å²) in [5.74, 6) is -3.11. The molecule has 3 rings (SSSR count). The molecule has 1 aromatic rings. The molecule has 2 amide bonds. The number of ketones is 2. The first-order chi connectivity index (χ1) is 14.0. The zero-order valence-electron chi connectivity index (χ0n) is 16.9. The summed E-state index contributed by atoms with van der Waals surface area (Å²) in [7, 11) is 0. The van der Waals surface area contributed by atoms with Gasteiger partial charge in [-0.1, -0.05) is 50.3 Å². The van der Waals surface area contributed by atoms with Gasteiger partial charge in [0.2, 0.25) is 11.8 Å². The van der Waals surface area contributed by atoms with Crippen LogP contribution in [-0.4, -0.2) is 29.9 Å². The number of carbonyl (C=O) groups is 4. The molecule has 2 atom stereocenters. The Morgan fingerprint density at radius 3 is 2.28 bits per heavy atom. The van der Waals surface area contributed by atoms with Crippen LogP contribution in [0.1, 0.15) is 84.1 Å². The van der Waals surface area contributed by atoms with Crippen molar-refractivity contribution in [2.24, 2.45) is 17.6 Å². The van der Waals surface area contributed by atoms with Crippen molar-refractivity contribution in [1.82, 2.24) is 5.32 Å². The lowest BCUT2D eigenvalue weighted by Gasteiger charge is -2.24. The highest BCUT2D eigenvalue weighted by Crippen LogP contribution is 2.37. The number of benzene rings is 1. The van der Waals surface area contributed by atoms with Crippen molar-refractivity contribution in [1.29, 1.82) is 0 Å². The fraction of sp³-hybridized carbons (Fsp3) is 0.565. The lowest BCUT2D eigenvalue weighted by molar-refractivity contribution is -0.137. The minimum Gasteiger partial charge on any atom is -0.330 e. The van der Waals surface area contributed by atoms with Crippen LogP contribution in [0.3, 0.4) is 0 Å². The molecule has 3 N–H and O–H groups in total. The van der Waals surface area contributed by atoms with Crippen molar-refractivity contribution in [2.45, 2.75) is 64.2 Å². The Morgan fingerprint density at radius 1 is 0.897 bits per heavy atom. The summed E-state index contributed by atoms with van der Waals surface area (Å²) in [6, 6.07) is 5.42. The van der Waals surface area contributed by atoms with Gasteiger partial charge in [-0.25, -0.2) is 0 Å². The number of Topliss-reactive ketones (excluding diaryl/α,β-unsaturated/α-hetero) is 2. The van der Waals surface area contributed by atoms with E-state index in [1.807, 2.05) is 12.1 Å². The fourth-order valence-corrected chi connectivity index (χ4v) is 4.48. The molecule has 1 saturated heterocycles. The van der Waals surface area contributed by atoms with Gasteiger partial charge in [0.15, 0.2) is 11.6 Å². The maximum Gasteiger partial charge on any atom is 0.230 e. The van der Waals surface area contributed by atoms with Crippen molar-refractivity contribution >= 4 is 23.4 Å². The smallest absolute Gasteiger partial charge is 0.230 e. The summed E-state index contributed by atoms with van der Waals surface area (Å²) in [6.45, 7) is 0.756. The number of imide groups is 1. The molecular formula is C23H30N2O4. The Morgan fingerprint density at radius 2 is 1.59 bits per heavy atom. The van der Waals surface area contributed by atoms with Gasteiger partial charge in [0.1, 0.15) is 0 Å². The lowest BCUT2D eigenvalue weighted by atomic mass is 9.82. The molecule has 1 aliphatic heterocycles. The van der Waals surface area contributed by atoms with Crippen molar-refractivity contribution in [3.05, 3.63) is 34.9 Å². The number of nitrogens with one attached hydrogen (secondary N) is 1. The van der Waals surface area contributed by atoms with Crippen LogP contribution in [0.25, 0.3) is 0 Å². The van der Waals surface area contributed by atoms with Gasteiger partial charge in [-0.05, 0) is 37.8 Å². The molecule has 0 spiro atoms. The number of hydrogen-bond donors (Lipinski definition) is 2. The van der Waals surface area contributed by atoms with Crippen LogP contribution >= 0.6 is 0 Å². The second kappa shape index (κ2) is 9.92.